The fraction of sp³-hybridized carbons (Fsp3) is 0.412. The molecule has 8 nitrogen and oxygen atoms in total. The normalized spacial score (nSPS) is 8.88. The summed E-state index contributed by atoms with van der Waals surface area (Å²) in [6.45, 7) is 4.25. The van der Waals surface area contributed by atoms with Crippen LogP contribution in [-0.2, 0) is 9.59 Å². The lowest BCUT2D eigenvalue weighted by Gasteiger charge is -1.95. The molecule has 0 aliphatic rings. The number of aliphatic carboxylic acids is 2. The van der Waals surface area contributed by atoms with E-state index in [0.29, 0.717) is 12.8 Å². The maximum Gasteiger partial charge on any atom is 0.335 e. The van der Waals surface area contributed by atoms with Gasteiger partial charge in [-0.1, -0.05) is 26.3 Å². The molecule has 0 saturated carbocycles. The Hall–Kier alpha value is -2.90. The van der Waals surface area contributed by atoms with Crippen LogP contribution in [0.2, 0.25) is 0 Å². The second kappa shape index (κ2) is 14.7. The van der Waals surface area contributed by atoms with Crippen molar-refractivity contribution in [1.29, 1.82) is 0 Å². The van der Waals surface area contributed by atoms with Crippen LogP contribution in [0.15, 0.2) is 24.3 Å². The Bertz CT molecular complexity index is 520. The van der Waals surface area contributed by atoms with Crippen LogP contribution in [0.25, 0.3) is 0 Å². The summed E-state index contributed by atoms with van der Waals surface area (Å²) >= 11 is 0. The van der Waals surface area contributed by atoms with Crippen molar-refractivity contribution in [3.05, 3.63) is 35.4 Å². The van der Waals surface area contributed by atoms with Gasteiger partial charge in [0.2, 0.25) is 0 Å². The molecule has 0 atom stereocenters. The van der Waals surface area contributed by atoms with Gasteiger partial charge in [-0.2, -0.15) is 0 Å². The smallest absolute Gasteiger partial charge is 0.335 e. The topological polar surface area (TPSA) is 149 Å². The lowest BCUT2D eigenvalue weighted by Crippen LogP contribution is -2.01. The van der Waals surface area contributed by atoms with Crippen molar-refractivity contribution < 1.29 is 39.6 Å². The largest absolute Gasteiger partial charge is 0.481 e. The Kier molecular flexibility index (Phi) is 14.3. The molecule has 25 heavy (non-hydrogen) atoms. The molecule has 8 heteroatoms. The molecule has 0 amide bonds. The molecule has 0 unspecified atom stereocenters. The summed E-state index contributed by atoms with van der Waals surface area (Å²) in [7, 11) is 0. The number of aromatic carboxylic acids is 2. The minimum atomic E-state index is -1.13. The lowest BCUT2D eigenvalue weighted by atomic mass is 10.1. The van der Waals surface area contributed by atoms with Gasteiger partial charge in [-0.3, -0.25) is 9.59 Å². The number of carboxylic acid groups (broad SMARTS) is 4. The van der Waals surface area contributed by atoms with E-state index in [1.807, 2.05) is 0 Å². The highest BCUT2D eigenvalue weighted by atomic mass is 16.4. The first-order chi connectivity index (χ1) is 11.6. The van der Waals surface area contributed by atoms with Crippen molar-refractivity contribution >= 4 is 23.9 Å². The molecule has 1 rings (SSSR count). The van der Waals surface area contributed by atoms with E-state index in [2.05, 4.69) is 13.8 Å². The Morgan fingerprint density at radius 3 is 1.32 bits per heavy atom. The predicted octanol–water partition coefficient (Wildman–Crippen LogP) is 3.22. The molecule has 0 spiro atoms. The first-order valence-electron chi connectivity index (χ1n) is 7.65. The summed E-state index contributed by atoms with van der Waals surface area (Å²) in [5.41, 5.74) is -0.0372. The van der Waals surface area contributed by atoms with E-state index in [1.54, 1.807) is 0 Å². The molecule has 140 valence electrons. The van der Waals surface area contributed by atoms with Crippen LogP contribution in [0.4, 0.5) is 0 Å². The molecule has 0 saturated heterocycles. The molecule has 0 aliphatic carbocycles. The zero-order chi connectivity index (χ0) is 19.8. The van der Waals surface area contributed by atoms with Crippen LogP contribution in [0.3, 0.4) is 0 Å². The predicted molar refractivity (Wildman–Crippen MR) is 90.1 cm³/mol. The van der Waals surface area contributed by atoms with Crippen molar-refractivity contribution in [3.63, 3.8) is 0 Å². The van der Waals surface area contributed by atoms with E-state index in [9.17, 15) is 19.2 Å². The number of rotatable bonds is 7. The van der Waals surface area contributed by atoms with E-state index in [4.69, 9.17) is 20.4 Å². The first kappa shape index (κ1) is 24.4. The van der Waals surface area contributed by atoms with Crippen LogP contribution < -0.4 is 0 Å². The lowest BCUT2D eigenvalue weighted by molar-refractivity contribution is -0.139. The summed E-state index contributed by atoms with van der Waals surface area (Å²) in [6.07, 6.45) is 2.27. The maximum absolute atomic E-state index is 10.4. The second-order valence-electron chi connectivity index (χ2n) is 4.89. The Morgan fingerprint density at radius 2 is 1.08 bits per heavy atom. The zero-order valence-electron chi connectivity index (χ0n) is 14.3. The van der Waals surface area contributed by atoms with Gasteiger partial charge in [0, 0.05) is 12.8 Å². The van der Waals surface area contributed by atoms with Gasteiger partial charge in [0.1, 0.15) is 0 Å². The first-order valence-corrected chi connectivity index (χ1v) is 7.65. The van der Waals surface area contributed by atoms with Crippen molar-refractivity contribution in [2.24, 2.45) is 0 Å². The van der Waals surface area contributed by atoms with E-state index in [0.717, 1.165) is 6.07 Å². The third-order valence-corrected chi connectivity index (χ3v) is 2.39. The van der Waals surface area contributed by atoms with Crippen LogP contribution in [-0.4, -0.2) is 44.3 Å². The van der Waals surface area contributed by atoms with Crippen LogP contribution >= 0.6 is 0 Å². The average Bonchev–Trinajstić information content (AvgIpc) is 2.52. The molecule has 0 heterocycles. The van der Waals surface area contributed by atoms with Gasteiger partial charge in [0.05, 0.1) is 11.1 Å². The quantitative estimate of drug-likeness (QED) is 0.544. The van der Waals surface area contributed by atoms with E-state index in [1.165, 1.54) is 24.6 Å². The fourth-order valence-electron chi connectivity index (χ4n) is 1.34. The van der Waals surface area contributed by atoms with Crippen molar-refractivity contribution in [2.45, 2.75) is 46.0 Å². The zero-order valence-corrected chi connectivity index (χ0v) is 14.3. The highest BCUT2D eigenvalue weighted by Gasteiger charge is 2.06. The highest BCUT2D eigenvalue weighted by molar-refractivity contribution is 5.93. The molecular weight excluding hydrogens is 332 g/mol. The molecule has 4 N–H and O–H groups in total. The summed E-state index contributed by atoms with van der Waals surface area (Å²) in [5, 5.41) is 33.3. The van der Waals surface area contributed by atoms with Gasteiger partial charge in [0.25, 0.3) is 0 Å². The summed E-state index contributed by atoms with van der Waals surface area (Å²) in [4.78, 5) is 40.6. The van der Waals surface area contributed by atoms with Crippen molar-refractivity contribution in [1.82, 2.24) is 0 Å². The fourth-order valence-corrected chi connectivity index (χ4v) is 1.34. The van der Waals surface area contributed by atoms with E-state index < -0.39 is 23.9 Å². The summed E-state index contributed by atoms with van der Waals surface area (Å²) in [6, 6.07) is 5.20. The number of unbranched alkanes of at least 4 members (excludes halogenated alkanes) is 1. The number of carbonyl (C=O) groups is 4. The third kappa shape index (κ3) is 15.8. The van der Waals surface area contributed by atoms with Crippen molar-refractivity contribution in [2.75, 3.05) is 0 Å². The van der Waals surface area contributed by atoms with E-state index >= 15 is 0 Å². The Labute approximate surface area is 145 Å². The molecule has 1 aromatic rings. The van der Waals surface area contributed by atoms with Crippen LogP contribution in [0.1, 0.15) is 66.7 Å². The molecule has 0 aliphatic heterocycles. The molecule has 0 fully saturated rings. The van der Waals surface area contributed by atoms with Gasteiger partial charge in [-0.05, 0) is 31.0 Å². The molecule has 0 bridgehead atoms. The Morgan fingerprint density at radius 1 is 0.760 bits per heavy atom. The van der Waals surface area contributed by atoms with E-state index in [-0.39, 0.29) is 24.0 Å². The Balaban J connectivity index is 0. The number of hydrogen-bond donors (Lipinski definition) is 4. The minimum Gasteiger partial charge on any atom is -0.481 e. The highest BCUT2D eigenvalue weighted by Crippen LogP contribution is 2.04. The molecular formula is C17H24O8. The van der Waals surface area contributed by atoms with Gasteiger partial charge < -0.3 is 20.4 Å². The maximum atomic E-state index is 10.4. The van der Waals surface area contributed by atoms with Crippen molar-refractivity contribution in [3.8, 4) is 0 Å². The standard InChI is InChI=1S/C8H6O4.C6H10O4.C3H8/c9-7(10)5-2-1-3-6(4-5)8(11)12;7-5(8)3-1-2-4-6(9)10;1-3-2/h1-4H,(H,9,10)(H,11,12);1-4H2,(H,7,8)(H,9,10);3H2,1-2H3. The summed E-state index contributed by atoms with van der Waals surface area (Å²) in [5.74, 6) is -3.99. The number of benzene rings is 1. The second-order valence-corrected chi connectivity index (χ2v) is 4.89. The molecule has 0 radical (unpaired) electrons. The third-order valence-electron chi connectivity index (χ3n) is 2.39. The van der Waals surface area contributed by atoms with Gasteiger partial charge in [-0.25, -0.2) is 9.59 Å². The average molecular weight is 356 g/mol. The summed E-state index contributed by atoms with van der Waals surface area (Å²) < 4.78 is 0. The number of carboxylic acids is 4. The monoisotopic (exact) mass is 356 g/mol. The molecule has 0 aromatic heterocycles. The van der Waals surface area contributed by atoms with Gasteiger partial charge in [0.15, 0.2) is 0 Å². The minimum absolute atomic E-state index is 0.0186. The van der Waals surface area contributed by atoms with Crippen LogP contribution in [0, 0.1) is 0 Å². The van der Waals surface area contributed by atoms with Gasteiger partial charge >= 0.3 is 23.9 Å². The van der Waals surface area contributed by atoms with Gasteiger partial charge in [-0.15, -0.1) is 0 Å². The number of hydrogen-bond acceptors (Lipinski definition) is 4. The SMILES string of the molecule is CCC.O=C(O)CCCCC(=O)O.O=C(O)c1cccc(C(=O)O)c1. The van der Waals surface area contributed by atoms with Crippen LogP contribution in [0.5, 0.6) is 0 Å². The molecule has 1 aromatic carbocycles.